The van der Waals surface area contributed by atoms with Crippen molar-refractivity contribution in [2.45, 2.75) is 6.54 Å². The van der Waals surface area contributed by atoms with Gasteiger partial charge in [-0.25, -0.2) is 4.68 Å². The lowest BCUT2D eigenvalue weighted by atomic mass is 10.2. The predicted octanol–water partition coefficient (Wildman–Crippen LogP) is 4.37. The van der Waals surface area contributed by atoms with Gasteiger partial charge in [0.15, 0.2) is 11.5 Å². The molecule has 0 unspecified atom stereocenters. The number of rotatable bonds is 8. The second kappa shape index (κ2) is 9.98. The van der Waals surface area contributed by atoms with Crippen molar-refractivity contribution in [1.29, 1.82) is 0 Å². The number of hydrogen-bond donors (Lipinski definition) is 1. The molecule has 1 amide bonds. The van der Waals surface area contributed by atoms with Gasteiger partial charge in [-0.05, 0) is 30.3 Å². The third-order valence-corrected chi connectivity index (χ3v) is 4.87. The normalized spacial score (nSPS) is 10.8. The molecule has 0 radical (unpaired) electrons. The van der Waals surface area contributed by atoms with Crippen LogP contribution in [-0.2, 0) is 11.3 Å². The summed E-state index contributed by atoms with van der Waals surface area (Å²) >= 11 is 3.42. The number of anilines is 1. The zero-order valence-corrected chi connectivity index (χ0v) is 18.5. The largest absolute Gasteiger partial charge is 0.496 e. The number of carbonyl (C=O) groups is 1. The molecule has 0 aliphatic carbocycles. The Hall–Kier alpha value is -3.26. The summed E-state index contributed by atoms with van der Waals surface area (Å²) in [4.78, 5) is 12.5. The number of ether oxygens (including phenoxy) is 3. The maximum atomic E-state index is 12.5. The van der Waals surface area contributed by atoms with E-state index in [1.807, 2.05) is 36.4 Å². The monoisotopic (exact) mass is 471 g/mol. The lowest BCUT2D eigenvalue weighted by Gasteiger charge is -2.14. The summed E-state index contributed by atoms with van der Waals surface area (Å²) in [5.74, 6) is 2.23. The van der Waals surface area contributed by atoms with Crippen molar-refractivity contribution in [3.63, 3.8) is 0 Å². The van der Waals surface area contributed by atoms with Crippen LogP contribution in [0.15, 0.2) is 59.2 Å². The smallest absolute Gasteiger partial charge is 0.249 e. The Labute approximate surface area is 183 Å². The van der Waals surface area contributed by atoms with Crippen molar-refractivity contribution in [1.82, 2.24) is 9.78 Å². The molecule has 156 valence electrons. The standard InChI is InChI=1S/C22H22BrN3O4/c1-28-18-9-8-17(23)13-15(18)7-10-21(27)25-20-11-12-24-26(20)14-16-5-4-6-19(29-2)22(16)30-3/h4-13H,14H2,1-3H3,(H,25,27)/b10-7+. The fraction of sp³-hybridized carbons (Fsp3) is 0.182. The number of amides is 1. The molecule has 0 aliphatic rings. The molecule has 0 saturated carbocycles. The SMILES string of the molecule is COc1ccc(Br)cc1/C=C/C(=O)Nc1ccnn1Cc1cccc(OC)c1OC. The Morgan fingerprint density at radius 3 is 2.63 bits per heavy atom. The number of benzene rings is 2. The van der Waals surface area contributed by atoms with Gasteiger partial charge in [0.25, 0.3) is 0 Å². The van der Waals surface area contributed by atoms with Gasteiger partial charge in [0.05, 0.1) is 34.1 Å². The van der Waals surface area contributed by atoms with Gasteiger partial charge < -0.3 is 19.5 Å². The van der Waals surface area contributed by atoms with Crippen LogP contribution in [0.1, 0.15) is 11.1 Å². The molecule has 2 aromatic carbocycles. The number of carbonyl (C=O) groups excluding carboxylic acids is 1. The summed E-state index contributed by atoms with van der Waals surface area (Å²) in [7, 11) is 4.77. The van der Waals surface area contributed by atoms with Crippen LogP contribution in [0.4, 0.5) is 5.82 Å². The molecule has 0 aliphatic heterocycles. The average molecular weight is 472 g/mol. The highest BCUT2D eigenvalue weighted by Gasteiger charge is 2.13. The molecule has 3 rings (SSSR count). The molecule has 8 heteroatoms. The van der Waals surface area contributed by atoms with Gasteiger partial charge in [0.2, 0.25) is 5.91 Å². The van der Waals surface area contributed by atoms with E-state index in [4.69, 9.17) is 14.2 Å². The molecule has 1 N–H and O–H groups in total. The van der Waals surface area contributed by atoms with E-state index in [1.54, 1.807) is 44.4 Å². The van der Waals surface area contributed by atoms with Gasteiger partial charge in [0, 0.05) is 27.7 Å². The van der Waals surface area contributed by atoms with Crippen molar-refractivity contribution >= 4 is 33.7 Å². The van der Waals surface area contributed by atoms with Crippen molar-refractivity contribution in [2.24, 2.45) is 0 Å². The van der Waals surface area contributed by atoms with Crippen LogP contribution in [0.2, 0.25) is 0 Å². The quantitative estimate of drug-likeness (QED) is 0.493. The molecule has 3 aromatic rings. The van der Waals surface area contributed by atoms with Gasteiger partial charge in [-0.2, -0.15) is 5.10 Å². The lowest BCUT2D eigenvalue weighted by molar-refractivity contribution is -0.111. The number of para-hydroxylation sites is 1. The number of nitrogens with zero attached hydrogens (tertiary/aromatic N) is 2. The van der Waals surface area contributed by atoms with Crippen LogP contribution in [0, 0.1) is 0 Å². The number of methoxy groups -OCH3 is 3. The highest BCUT2D eigenvalue weighted by molar-refractivity contribution is 9.10. The van der Waals surface area contributed by atoms with E-state index in [9.17, 15) is 4.79 Å². The van der Waals surface area contributed by atoms with E-state index in [0.717, 1.165) is 15.6 Å². The summed E-state index contributed by atoms with van der Waals surface area (Å²) < 4.78 is 18.7. The zero-order chi connectivity index (χ0) is 21.5. The average Bonchev–Trinajstić information content (AvgIpc) is 3.18. The number of hydrogen-bond acceptors (Lipinski definition) is 5. The Balaban J connectivity index is 1.75. The molecular weight excluding hydrogens is 450 g/mol. The maximum Gasteiger partial charge on any atom is 0.249 e. The topological polar surface area (TPSA) is 74.6 Å². The molecule has 0 spiro atoms. The summed E-state index contributed by atoms with van der Waals surface area (Å²) in [5.41, 5.74) is 1.67. The first-order chi connectivity index (χ1) is 14.5. The molecule has 1 heterocycles. The fourth-order valence-corrected chi connectivity index (χ4v) is 3.35. The molecule has 30 heavy (non-hydrogen) atoms. The third-order valence-electron chi connectivity index (χ3n) is 4.38. The van der Waals surface area contributed by atoms with E-state index in [0.29, 0.717) is 29.6 Å². The zero-order valence-electron chi connectivity index (χ0n) is 16.9. The van der Waals surface area contributed by atoms with E-state index in [2.05, 4.69) is 26.3 Å². The molecule has 7 nitrogen and oxygen atoms in total. The van der Waals surface area contributed by atoms with E-state index in [1.165, 1.54) is 6.08 Å². The molecule has 0 bridgehead atoms. The second-order valence-corrected chi connectivity index (χ2v) is 7.15. The summed E-state index contributed by atoms with van der Waals surface area (Å²) in [6.07, 6.45) is 4.78. The van der Waals surface area contributed by atoms with Crippen LogP contribution in [0.3, 0.4) is 0 Å². The highest BCUT2D eigenvalue weighted by Crippen LogP contribution is 2.31. The highest BCUT2D eigenvalue weighted by atomic mass is 79.9. The van der Waals surface area contributed by atoms with Gasteiger partial charge in [0.1, 0.15) is 11.6 Å². The summed E-state index contributed by atoms with van der Waals surface area (Å²) in [6.45, 7) is 0.409. The van der Waals surface area contributed by atoms with E-state index >= 15 is 0 Å². The van der Waals surface area contributed by atoms with Crippen LogP contribution >= 0.6 is 15.9 Å². The van der Waals surface area contributed by atoms with E-state index < -0.39 is 0 Å². The Kier molecular flexibility index (Phi) is 7.13. The first kappa shape index (κ1) is 21.4. The van der Waals surface area contributed by atoms with Gasteiger partial charge in [-0.3, -0.25) is 4.79 Å². The van der Waals surface area contributed by atoms with Gasteiger partial charge in [-0.15, -0.1) is 0 Å². The van der Waals surface area contributed by atoms with Crippen LogP contribution < -0.4 is 19.5 Å². The molecule has 0 fully saturated rings. The minimum absolute atomic E-state index is 0.281. The fourth-order valence-electron chi connectivity index (χ4n) is 2.97. The van der Waals surface area contributed by atoms with Crippen LogP contribution in [-0.4, -0.2) is 37.0 Å². The maximum absolute atomic E-state index is 12.5. The molecule has 1 aromatic heterocycles. The summed E-state index contributed by atoms with van der Waals surface area (Å²) in [5, 5.41) is 7.16. The van der Waals surface area contributed by atoms with Crippen LogP contribution in [0.25, 0.3) is 6.08 Å². The second-order valence-electron chi connectivity index (χ2n) is 6.24. The Bertz CT molecular complexity index is 1060. The minimum Gasteiger partial charge on any atom is -0.496 e. The lowest BCUT2D eigenvalue weighted by Crippen LogP contribution is -2.14. The Morgan fingerprint density at radius 1 is 1.10 bits per heavy atom. The predicted molar refractivity (Wildman–Crippen MR) is 119 cm³/mol. The molecule has 0 atom stereocenters. The molecule has 0 saturated heterocycles. The summed E-state index contributed by atoms with van der Waals surface area (Å²) in [6, 6.07) is 13.0. The Morgan fingerprint density at radius 2 is 1.90 bits per heavy atom. The van der Waals surface area contributed by atoms with Crippen molar-refractivity contribution < 1.29 is 19.0 Å². The van der Waals surface area contributed by atoms with Crippen LogP contribution in [0.5, 0.6) is 17.2 Å². The number of halogens is 1. The number of aromatic nitrogens is 2. The van der Waals surface area contributed by atoms with Crippen molar-refractivity contribution in [3.8, 4) is 17.2 Å². The first-order valence-corrected chi connectivity index (χ1v) is 9.89. The first-order valence-electron chi connectivity index (χ1n) is 9.10. The van der Waals surface area contributed by atoms with Crippen molar-refractivity contribution in [3.05, 3.63) is 70.3 Å². The minimum atomic E-state index is -0.281. The van der Waals surface area contributed by atoms with Gasteiger partial charge >= 0.3 is 0 Å². The van der Waals surface area contributed by atoms with Crippen molar-refractivity contribution in [2.75, 3.05) is 26.6 Å². The van der Waals surface area contributed by atoms with Gasteiger partial charge in [-0.1, -0.05) is 28.1 Å². The number of nitrogens with one attached hydrogen (secondary N) is 1. The third kappa shape index (κ3) is 5.01. The molecular formula is C22H22BrN3O4. The van der Waals surface area contributed by atoms with E-state index in [-0.39, 0.29) is 5.91 Å².